The SMILES string of the molecule is COc1ccccc1NC(=O)C(C)OC(=O)c1ccccc1OCc1c(C)noc1C. The molecule has 1 aromatic heterocycles. The Kier molecular flexibility index (Phi) is 6.92. The van der Waals surface area contributed by atoms with Crippen LogP contribution >= 0.6 is 0 Å². The molecule has 1 heterocycles. The van der Waals surface area contributed by atoms with Crippen LogP contribution in [0.5, 0.6) is 11.5 Å². The number of aromatic nitrogens is 1. The summed E-state index contributed by atoms with van der Waals surface area (Å²) in [5, 5.41) is 6.59. The molecule has 8 heteroatoms. The van der Waals surface area contributed by atoms with Gasteiger partial charge in [-0.1, -0.05) is 29.4 Å². The molecule has 0 aliphatic rings. The van der Waals surface area contributed by atoms with Crippen LogP contribution in [0.1, 0.15) is 34.3 Å². The fourth-order valence-corrected chi connectivity index (χ4v) is 2.88. The predicted octanol–water partition coefficient (Wildman–Crippen LogP) is 4.06. The first-order chi connectivity index (χ1) is 14.9. The Morgan fingerprint density at radius 2 is 1.74 bits per heavy atom. The number of esters is 1. The third-order valence-corrected chi connectivity index (χ3v) is 4.68. The van der Waals surface area contributed by atoms with E-state index >= 15 is 0 Å². The van der Waals surface area contributed by atoms with Crippen molar-refractivity contribution in [2.45, 2.75) is 33.5 Å². The minimum absolute atomic E-state index is 0.190. The van der Waals surface area contributed by atoms with Crippen LogP contribution in [0.4, 0.5) is 5.69 Å². The van der Waals surface area contributed by atoms with Crippen molar-refractivity contribution in [3.05, 3.63) is 71.1 Å². The van der Waals surface area contributed by atoms with Gasteiger partial charge in [-0.15, -0.1) is 0 Å². The van der Waals surface area contributed by atoms with Gasteiger partial charge in [0.1, 0.15) is 29.4 Å². The van der Waals surface area contributed by atoms with Crippen LogP contribution in [0.25, 0.3) is 0 Å². The molecule has 0 saturated heterocycles. The highest BCUT2D eigenvalue weighted by Crippen LogP contribution is 2.25. The Hall–Kier alpha value is -3.81. The van der Waals surface area contributed by atoms with Gasteiger partial charge >= 0.3 is 5.97 Å². The molecular formula is C23H24N2O6. The van der Waals surface area contributed by atoms with Crippen LogP contribution in [0, 0.1) is 13.8 Å². The highest BCUT2D eigenvalue weighted by atomic mass is 16.6. The standard InChI is InChI=1S/C23H24N2O6/c1-14-18(15(2)31-25-14)13-29-20-11-7-5-9-17(20)23(27)30-16(3)22(26)24-19-10-6-8-12-21(19)28-4/h5-12,16H,13H2,1-4H3,(H,24,26). The van der Waals surface area contributed by atoms with Crippen molar-refractivity contribution < 1.29 is 28.3 Å². The summed E-state index contributed by atoms with van der Waals surface area (Å²) in [7, 11) is 1.51. The molecule has 0 saturated carbocycles. The summed E-state index contributed by atoms with van der Waals surface area (Å²) in [6, 6.07) is 13.7. The molecule has 162 valence electrons. The average molecular weight is 424 g/mol. The van der Waals surface area contributed by atoms with E-state index in [9.17, 15) is 9.59 Å². The Labute approximate surface area is 180 Å². The summed E-state index contributed by atoms with van der Waals surface area (Å²) < 4.78 is 21.5. The van der Waals surface area contributed by atoms with Crippen LogP contribution in [0.15, 0.2) is 53.1 Å². The van der Waals surface area contributed by atoms with Crippen molar-refractivity contribution in [3.8, 4) is 11.5 Å². The van der Waals surface area contributed by atoms with E-state index < -0.39 is 18.0 Å². The number of para-hydroxylation sites is 3. The minimum Gasteiger partial charge on any atom is -0.495 e. The molecule has 1 N–H and O–H groups in total. The number of aryl methyl sites for hydroxylation is 2. The number of nitrogens with zero attached hydrogens (tertiary/aromatic N) is 1. The lowest BCUT2D eigenvalue weighted by Crippen LogP contribution is -2.30. The van der Waals surface area contributed by atoms with E-state index in [0.29, 0.717) is 22.9 Å². The molecule has 8 nitrogen and oxygen atoms in total. The Morgan fingerprint density at radius 3 is 2.42 bits per heavy atom. The van der Waals surface area contributed by atoms with E-state index in [-0.39, 0.29) is 12.2 Å². The summed E-state index contributed by atoms with van der Waals surface area (Å²) in [6.07, 6.45) is -1.03. The van der Waals surface area contributed by atoms with Crippen molar-refractivity contribution in [1.82, 2.24) is 5.16 Å². The lowest BCUT2D eigenvalue weighted by molar-refractivity contribution is -0.123. The lowest BCUT2D eigenvalue weighted by Gasteiger charge is -2.16. The van der Waals surface area contributed by atoms with Crippen molar-refractivity contribution >= 4 is 17.6 Å². The zero-order chi connectivity index (χ0) is 22.4. The van der Waals surface area contributed by atoms with Gasteiger partial charge in [-0.25, -0.2) is 4.79 Å². The molecule has 1 atom stereocenters. The molecule has 2 aromatic carbocycles. The quantitative estimate of drug-likeness (QED) is 0.544. The van der Waals surface area contributed by atoms with Crippen LogP contribution in [-0.2, 0) is 16.1 Å². The monoisotopic (exact) mass is 424 g/mol. The van der Waals surface area contributed by atoms with Gasteiger partial charge in [0.05, 0.1) is 24.1 Å². The van der Waals surface area contributed by atoms with Gasteiger partial charge in [0.25, 0.3) is 5.91 Å². The van der Waals surface area contributed by atoms with E-state index in [2.05, 4.69) is 10.5 Å². The Balaban J connectivity index is 1.66. The number of rotatable bonds is 8. The van der Waals surface area contributed by atoms with E-state index in [1.165, 1.54) is 14.0 Å². The number of carbonyl (C=O) groups is 2. The fraction of sp³-hybridized carbons (Fsp3) is 0.261. The molecule has 0 fully saturated rings. The van der Waals surface area contributed by atoms with Crippen LogP contribution in [0.2, 0.25) is 0 Å². The number of carbonyl (C=O) groups excluding carboxylic acids is 2. The number of anilines is 1. The van der Waals surface area contributed by atoms with Gasteiger partial charge in [0.15, 0.2) is 6.10 Å². The summed E-state index contributed by atoms with van der Waals surface area (Å²) in [4.78, 5) is 25.2. The first kappa shape index (κ1) is 21.9. The molecule has 0 spiro atoms. The number of ether oxygens (including phenoxy) is 3. The van der Waals surface area contributed by atoms with Crippen LogP contribution in [0.3, 0.4) is 0 Å². The molecule has 31 heavy (non-hydrogen) atoms. The molecule has 0 bridgehead atoms. The van der Waals surface area contributed by atoms with Crippen LogP contribution in [-0.4, -0.2) is 30.2 Å². The molecule has 0 aliphatic carbocycles. The largest absolute Gasteiger partial charge is 0.495 e. The van der Waals surface area contributed by atoms with Crippen molar-refractivity contribution in [2.75, 3.05) is 12.4 Å². The second-order valence-corrected chi connectivity index (χ2v) is 6.82. The molecule has 1 unspecified atom stereocenters. The number of hydrogen-bond donors (Lipinski definition) is 1. The van der Waals surface area contributed by atoms with Gasteiger partial charge < -0.3 is 24.1 Å². The zero-order valence-electron chi connectivity index (χ0n) is 17.8. The summed E-state index contributed by atoms with van der Waals surface area (Å²) in [5.41, 5.74) is 2.24. The first-order valence-electron chi connectivity index (χ1n) is 9.69. The highest BCUT2D eigenvalue weighted by Gasteiger charge is 2.22. The highest BCUT2D eigenvalue weighted by molar-refractivity contribution is 5.99. The lowest BCUT2D eigenvalue weighted by atomic mass is 10.2. The summed E-state index contributed by atoms with van der Waals surface area (Å²) in [6.45, 7) is 5.30. The third-order valence-electron chi connectivity index (χ3n) is 4.68. The van der Waals surface area contributed by atoms with Gasteiger partial charge in [-0.2, -0.15) is 0 Å². The van der Waals surface area contributed by atoms with E-state index in [1.54, 1.807) is 55.5 Å². The smallest absolute Gasteiger partial charge is 0.342 e. The summed E-state index contributed by atoms with van der Waals surface area (Å²) in [5.74, 6) is 0.348. The molecule has 0 aliphatic heterocycles. The number of hydrogen-bond acceptors (Lipinski definition) is 7. The number of methoxy groups -OCH3 is 1. The Morgan fingerprint density at radius 1 is 1.06 bits per heavy atom. The normalized spacial score (nSPS) is 11.5. The number of benzene rings is 2. The van der Waals surface area contributed by atoms with Gasteiger partial charge in [-0.3, -0.25) is 4.79 Å². The number of nitrogens with one attached hydrogen (secondary N) is 1. The second-order valence-electron chi connectivity index (χ2n) is 6.82. The van der Waals surface area contributed by atoms with Crippen molar-refractivity contribution in [2.24, 2.45) is 0 Å². The topological polar surface area (TPSA) is 99.9 Å². The van der Waals surface area contributed by atoms with Gasteiger partial charge in [-0.05, 0) is 45.0 Å². The predicted molar refractivity (Wildman–Crippen MR) is 113 cm³/mol. The average Bonchev–Trinajstić information content (AvgIpc) is 3.09. The molecule has 3 rings (SSSR count). The fourth-order valence-electron chi connectivity index (χ4n) is 2.88. The van der Waals surface area contributed by atoms with E-state index in [0.717, 1.165) is 11.3 Å². The van der Waals surface area contributed by atoms with E-state index in [1.807, 2.05) is 6.92 Å². The van der Waals surface area contributed by atoms with Crippen molar-refractivity contribution in [3.63, 3.8) is 0 Å². The zero-order valence-corrected chi connectivity index (χ0v) is 17.8. The van der Waals surface area contributed by atoms with Gasteiger partial charge in [0.2, 0.25) is 0 Å². The third kappa shape index (κ3) is 5.22. The Bertz CT molecular complexity index is 1060. The van der Waals surface area contributed by atoms with Crippen LogP contribution < -0.4 is 14.8 Å². The minimum atomic E-state index is -1.03. The first-order valence-corrected chi connectivity index (χ1v) is 9.69. The molecule has 0 radical (unpaired) electrons. The van der Waals surface area contributed by atoms with Gasteiger partial charge in [0, 0.05) is 0 Å². The maximum Gasteiger partial charge on any atom is 0.342 e. The van der Waals surface area contributed by atoms with Crippen molar-refractivity contribution in [1.29, 1.82) is 0 Å². The maximum atomic E-state index is 12.7. The maximum absolute atomic E-state index is 12.7. The molecule has 1 amide bonds. The number of amides is 1. The summed E-state index contributed by atoms with van der Waals surface area (Å²) >= 11 is 0. The van der Waals surface area contributed by atoms with E-state index in [4.69, 9.17) is 18.7 Å². The molecular weight excluding hydrogens is 400 g/mol. The second kappa shape index (κ2) is 9.80. The molecule has 3 aromatic rings.